The molecule has 120 valence electrons. The van der Waals surface area contributed by atoms with Crippen molar-refractivity contribution in [2.24, 2.45) is 5.73 Å². The molecule has 0 aromatic carbocycles. The van der Waals surface area contributed by atoms with E-state index in [1.165, 1.54) is 9.75 Å². The zero-order chi connectivity index (χ0) is 16.8. The second-order valence-electron chi connectivity index (χ2n) is 5.58. The highest BCUT2D eigenvalue weighted by Gasteiger charge is 2.36. The van der Waals surface area contributed by atoms with Crippen LogP contribution in [0.3, 0.4) is 0 Å². The Kier molecular flexibility index (Phi) is 3.44. The standard InChI is InChI=1S/C17H14N4OS2/c1-8-6-10(9(2)24-8)15-14-13(12-4-3-5-23-12)11(7-18)16(19)22-17(14)21-20-15/h3-6,13H,19H2,1-2H3,(H,20,21)/t13-/m0/s1. The van der Waals surface area contributed by atoms with E-state index in [1.54, 1.807) is 22.7 Å². The van der Waals surface area contributed by atoms with Gasteiger partial charge in [0.25, 0.3) is 0 Å². The second kappa shape index (κ2) is 5.51. The maximum Gasteiger partial charge on any atom is 0.244 e. The number of fused-ring (bicyclic) bond motifs is 1. The summed E-state index contributed by atoms with van der Waals surface area (Å²) in [7, 11) is 0. The topological polar surface area (TPSA) is 87.7 Å². The molecular weight excluding hydrogens is 340 g/mol. The molecule has 3 aromatic heterocycles. The van der Waals surface area contributed by atoms with E-state index in [0.29, 0.717) is 11.5 Å². The number of nitrogens with two attached hydrogens (primary N) is 1. The quantitative estimate of drug-likeness (QED) is 0.727. The Bertz CT molecular complexity index is 989. The maximum absolute atomic E-state index is 9.62. The van der Waals surface area contributed by atoms with Crippen LogP contribution in [-0.2, 0) is 0 Å². The summed E-state index contributed by atoms with van der Waals surface area (Å²) in [6.07, 6.45) is 0. The molecule has 0 bridgehead atoms. The average molecular weight is 354 g/mol. The Hall–Kier alpha value is -2.56. The number of thiophene rings is 2. The lowest BCUT2D eigenvalue weighted by atomic mass is 9.87. The fourth-order valence-electron chi connectivity index (χ4n) is 3.07. The van der Waals surface area contributed by atoms with Crippen LogP contribution in [0.15, 0.2) is 35.0 Å². The van der Waals surface area contributed by atoms with Gasteiger partial charge in [0.1, 0.15) is 11.6 Å². The van der Waals surface area contributed by atoms with E-state index in [4.69, 9.17) is 10.5 Å². The minimum Gasteiger partial charge on any atom is -0.420 e. The molecule has 24 heavy (non-hydrogen) atoms. The molecule has 1 aliphatic rings. The number of ether oxygens (including phenoxy) is 1. The van der Waals surface area contributed by atoms with E-state index in [-0.39, 0.29) is 11.8 Å². The van der Waals surface area contributed by atoms with Gasteiger partial charge in [-0.3, -0.25) is 5.10 Å². The van der Waals surface area contributed by atoms with E-state index in [1.807, 2.05) is 17.5 Å². The van der Waals surface area contributed by atoms with E-state index in [9.17, 15) is 5.26 Å². The highest BCUT2D eigenvalue weighted by molar-refractivity contribution is 7.12. The molecule has 0 aliphatic carbocycles. The van der Waals surface area contributed by atoms with Crippen molar-refractivity contribution in [1.82, 2.24) is 10.2 Å². The Morgan fingerprint density at radius 1 is 1.42 bits per heavy atom. The van der Waals surface area contributed by atoms with Gasteiger partial charge in [-0.1, -0.05) is 6.07 Å². The van der Waals surface area contributed by atoms with Gasteiger partial charge in [0.2, 0.25) is 11.8 Å². The molecule has 4 heterocycles. The molecule has 0 radical (unpaired) electrons. The molecule has 0 spiro atoms. The first-order valence-corrected chi connectivity index (χ1v) is 9.06. The highest BCUT2D eigenvalue weighted by Crippen LogP contribution is 2.47. The molecular formula is C17H14N4OS2. The third kappa shape index (κ3) is 2.15. The first-order chi connectivity index (χ1) is 11.6. The minimum atomic E-state index is -0.257. The van der Waals surface area contributed by atoms with E-state index >= 15 is 0 Å². The number of aromatic nitrogens is 2. The molecule has 1 aliphatic heterocycles. The van der Waals surface area contributed by atoms with Crippen LogP contribution >= 0.6 is 22.7 Å². The van der Waals surface area contributed by atoms with E-state index < -0.39 is 0 Å². The first kappa shape index (κ1) is 15.0. The van der Waals surface area contributed by atoms with Crippen molar-refractivity contribution in [2.75, 3.05) is 0 Å². The van der Waals surface area contributed by atoms with Crippen molar-refractivity contribution in [3.8, 4) is 23.2 Å². The van der Waals surface area contributed by atoms with Gasteiger partial charge in [0.05, 0.1) is 17.2 Å². The SMILES string of the molecule is Cc1cc(-c2[nH]nc3c2[C@H](c2cccs2)C(C#N)=C(N)O3)c(C)s1. The summed E-state index contributed by atoms with van der Waals surface area (Å²) in [6.45, 7) is 4.16. The number of aromatic amines is 1. The van der Waals surface area contributed by atoms with Crippen LogP contribution in [0.1, 0.15) is 26.1 Å². The Morgan fingerprint density at radius 3 is 2.88 bits per heavy atom. The van der Waals surface area contributed by atoms with Crippen LogP contribution in [0, 0.1) is 25.2 Å². The number of hydrogen-bond acceptors (Lipinski definition) is 6. The number of nitrogens with zero attached hydrogens (tertiary/aromatic N) is 2. The van der Waals surface area contributed by atoms with Gasteiger partial charge < -0.3 is 10.5 Å². The lowest BCUT2D eigenvalue weighted by Crippen LogP contribution is -2.20. The summed E-state index contributed by atoms with van der Waals surface area (Å²) >= 11 is 3.33. The normalized spacial score (nSPS) is 16.6. The molecule has 3 N–H and O–H groups in total. The monoisotopic (exact) mass is 354 g/mol. The number of H-pyrrole nitrogens is 1. The zero-order valence-electron chi connectivity index (χ0n) is 13.1. The fourth-order valence-corrected chi connectivity index (χ4v) is 4.84. The smallest absolute Gasteiger partial charge is 0.244 e. The van der Waals surface area contributed by atoms with Crippen LogP contribution in [0.4, 0.5) is 0 Å². The average Bonchev–Trinajstić information content (AvgIpc) is 3.26. The summed E-state index contributed by atoms with van der Waals surface area (Å²) in [4.78, 5) is 3.47. The number of nitrogens with one attached hydrogen (secondary N) is 1. The van der Waals surface area contributed by atoms with Gasteiger partial charge in [0, 0.05) is 20.2 Å². The van der Waals surface area contributed by atoms with Gasteiger partial charge in [-0.25, -0.2) is 0 Å². The molecule has 0 fully saturated rings. The van der Waals surface area contributed by atoms with E-state index in [2.05, 4.69) is 36.2 Å². The lowest BCUT2D eigenvalue weighted by molar-refractivity contribution is 0.379. The Morgan fingerprint density at radius 2 is 2.25 bits per heavy atom. The summed E-state index contributed by atoms with van der Waals surface area (Å²) in [5.41, 5.74) is 9.26. The van der Waals surface area contributed by atoms with Gasteiger partial charge in [-0.15, -0.1) is 27.8 Å². The number of aryl methyl sites for hydroxylation is 2. The number of nitriles is 1. The molecule has 1 atom stereocenters. The van der Waals surface area contributed by atoms with Crippen LogP contribution < -0.4 is 10.5 Å². The third-order valence-corrected chi connectivity index (χ3v) is 5.98. The molecule has 3 aromatic rings. The molecule has 0 saturated heterocycles. The minimum absolute atomic E-state index is 0.125. The maximum atomic E-state index is 9.62. The Balaban J connectivity index is 1.97. The second-order valence-corrected chi connectivity index (χ2v) is 8.02. The third-order valence-electron chi connectivity index (χ3n) is 4.08. The molecule has 0 amide bonds. The summed E-state index contributed by atoms with van der Waals surface area (Å²) in [6, 6.07) is 8.33. The number of allylic oxidation sites excluding steroid dienone is 1. The fraction of sp³-hybridized carbons (Fsp3) is 0.176. The van der Waals surface area contributed by atoms with Gasteiger partial charge in [-0.05, 0) is 31.4 Å². The van der Waals surface area contributed by atoms with Crippen molar-refractivity contribution in [1.29, 1.82) is 5.26 Å². The zero-order valence-corrected chi connectivity index (χ0v) is 14.7. The van der Waals surface area contributed by atoms with Gasteiger partial charge in [0.15, 0.2) is 0 Å². The van der Waals surface area contributed by atoms with Crippen molar-refractivity contribution in [3.63, 3.8) is 0 Å². The Labute approximate surface area is 147 Å². The van der Waals surface area contributed by atoms with Crippen LogP contribution in [0.5, 0.6) is 5.88 Å². The first-order valence-electron chi connectivity index (χ1n) is 7.36. The molecule has 4 rings (SSSR count). The predicted octanol–water partition coefficient (Wildman–Crippen LogP) is 4.03. The molecule has 0 unspecified atom stereocenters. The number of hydrogen-bond donors (Lipinski definition) is 2. The highest BCUT2D eigenvalue weighted by atomic mass is 32.1. The summed E-state index contributed by atoms with van der Waals surface area (Å²) in [5.74, 6) is 0.315. The predicted molar refractivity (Wildman–Crippen MR) is 95.0 cm³/mol. The van der Waals surface area contributed by atoms with Crippen molar-refractivity contribution < 1.29 is 4.74 Å². The lowest BCUT2D eigenvalue weighted by Gasteiger charge is -2.22. The van der Waals surface area contributed by atoms with E-state index in [0.717, 1.165) is 21.7 Å². The molecule has 5 nitrogen and oxygen atoms in total. The summed E-state index contributed by atoms with van der Waals surface area (Å²) in [5, 5.41) is 19.0. The molecule has 0 saturated carbocycles. The van der Waals surface area contributed by atoms with Gasteiger partial charge >= 0.3 is 0 Å². The number of rotatable bonds is 2. The van der Waals surface area contributed by atoms with Gasteiger partial charge in [-0.2, -0.15) is 5.26 Å². The van der Waals surface area contributed by atoms with Crippen LogP contribution in [0.2, 0.25) is 0 Å². The van der Waals surface area contributed by atoms with Crippen molar-refractivity contribution in [2.45, 2.75) is 19.8 Å². The van der Waals surface area contributed by atoms with Crippen molar-refractivity contribution in [3.05, 3.63) is 55.2 Å². The molecule has 7 heteroatoms. The largest absolute Gasteiger partial charge is 0.420 e. The summed E-state index contributed by atoms with van der Waals surface area (Å²) < 4.78 is 5.61. The van der Waals surface area contributed by atoms with Crippen LogP contribution in [-0.4, -0.2) is 10.2 Å². The van der Waals surface area contributed by atoms with Crippen molar-refractivity contribution >= 4 is 22.7 Å². The van der Waals surface area contributed by atoms with Crippen LogP contribution in [0.25, 0.3) is 11.3 Å².